The van der Waals surface area contributed by atoms with Crippen molar-refractivity contribution in [2.75, 3.05) is 26.3 Å². The number of benzene rings is 1. The molecule has 0 aliphatic carbocycles. The lowest BCUT2D eigenvalue weighted by Crippen LogP contribution is -2.39. The maximum absolute atomic E-state index is 13.1. The number of fused-ring (bicyclic) bond motifs is 1. The van der Waals surface area contributed by atoms with Crippen LogP contribution in [0.4, 0.5) is 0 Å². The fraction of sp³-hybridized carbons (Fsp3) is 0.364. The van der Waals surface area contributed by atoms with Crippen molar-refractivity contribution >= 4 is 28.3 Å². The lowest BCUT2D eigenvalue weighted by molar-refractivity contribution is 0.0138. The molecule has 1 aromatic carbocycles. The number of morpholine rings is 1. The third-order valence-electron chi connectivity index (χ3n) is 5.32. The van der Waals surface area contributed by atoms with Crippen LogP contribution < -0.4 is 0 Å². The van der Waals surface area contributed by atoms with Gasteiger partial charge in [0.05, 0.1) is 18.7 Å². The molecule has 6 nitrogen and oxygen atoms in total. The molecule has 1 aliphatic heterocycles. The summed E-state index contributed by atoms with van der Waals surface area (Å²) in [5.41, 5.74) is 2.46. The molecular weight excluding hydrogens is 388 g/mol. The largest absolute Gasteiger partial charge is 0.379 e. The molecule has 0 spiro atoms. The topological polar surface area (TPSA) is 68.2 Å². The Hall–Kier alpha value is -2.41. The van der Waals surface area contributed by atoms with E-state index < -0.39 is 0 Å². The first-order valence-corrected chi connectivity index (χ1v) is 10.2. The first-order valence-electron chi connectivity index (χ1n) is 9.80. The average molecular weight is 411 g/mol. The van der Waals surface area contributed by atoms with E-state index in [1.165, 1.54) is 0 Å². The highest BCUT2D eigenvalue weighted by Gasteiger charge is 2.24. The fourth-order valence-corrected chi connectivity index (χ4v) is 3.95. The van der Waals surface area contributed by atoms with Gasteiger partial charge in [0, 0.05) is 54.5 Å². The molecule has 0 bridgehead atoms. The number of nitrogens with zero attached hydrogens (tertiary/aromatic N) is 4. The number of pyridine rings is 1. The standard InChI is InChI=1S/C22H23ClN4O2/c1-15-24-13-16(14-25-15)20(27-9-11-29-12-10-27)6-7-21(28)18-3-2-4-19-17(18)5-8-22(23)26-19/h2-5,8,13-14,20H,6-7,9-12H2,1H3. The Balaban J connectivity index is 1.55. The molecule has 150 valence electrons. The number of rotatable bonds is 6. The minimum atomic E-state index is 0.0889. The van der Waals surface area contributed by atoms with Crippen LogP contribution in [0.25, 0.3) is 10.9 Å². The van der Waals surface area contributed by atoms with Gasteiger partial charge in [-0.3, -0.25) is 9.69 Å². The van der Waals surface area contributed by atoms with Crippen LogP contribution in [0.5, 0.6) is 0 Å². The van der Waals surface area contributed by atoms with E-state index in [0.717, 1.165) is 35.4 Å². The van der Waals surface area contributed by atoms with Crippen LogP contribution in [-0.2, 0) is 4.74 Å². The van der Waals surface area contributed by atoms with Crippen molar-refractivity contribution in [1.29, 1.82) is 0 Å². The van der Waals surface area contributed by atoms with Crippen molar-refractivity contribution < 1.29 is 9.53 Å². The summed E-state index contributed by atoms with van der Waals surface area (Å²) in [6, 6.07) is 9.26. The second kappa shape index (κ2) is 8.95. The van der Waals surface area contributed by atoms with E-state index in [1.807, 2.05) is 43.6 Å². The molecule has 0 N–H and O–H groups in total. The summed E-state index contributed by atoms with van der Waals surface area (Å²) in [5.74, 6) is 0.846. The molecule has 1 atom stereocenters. The number of hydrogen-bond donors (Lipinski definition) is 0. The van der Waals surface area contributed by atoms with Crippen LogP contribution in [0.3, 0.4) is 0 Å². The highest BCUT2D eigenvalue weighted by molar-refractivity contribution is 6.29. The highest BCUT2D eigenvalue weighted by Crippen LogP contribution is 2.28. The van der Waals surface area contributed by atoms with Gasteiger partial charge >= 0.3 is 0 Å². The molecule has 0 radical (unpaired) electrons. The third-order valence-corrected chi connectivity index (χ3v) is 5.53. The Bertz CT molecular complexity index is 1000. The van der Waals surface area contributed by atoms with Crippen LogP contribution in [-0.4, -0.2) is 51.9 Å². The van der Waals surface area contributed by atoms with E-state index in [4.69, 9.17) is 16.3 Å². The number of hydrogen-bond acceptors (Lipinski definition) is 6. The molecule has 4 rings (SSSR count). The zero-order valence-electron chi connectivity index (χ0n) is 16.3. The minimum absolute atomic E-state index is 0.0889. The van der Waals surface area contributed by atoms with Crippen molar-refractivity contribution in [3.05, 3.63) is 64.8 Å². The quantitative estimate of drug-likeness (QED) is 0.451. The number of aromatic nitrogens is 3. The van der Waals surface area contributed by atoms with Gasteiger partial charge in [-0.05, 0) is 31.5 Å². The van der Waals surface area contributed by atoms with Crippen LogP contribution >= 0.6 is 11.6 Å². The second-order valence-electron chi connectivity index (χ2n) is 7.20. The lowest BCUT2D eigenvalue weighted by Gasteiger charge is -2.34. The summed E-state index contributed by atoms with van der Waals surface area (Å²) in [4.78, 5) is 28.5. The van der Waals surface area contributed by atoms with E-state index in [1.54, 1.807) is 6.07 Å². The minimum Gasteiger partial charge on any atom is -0.379 e. The first-order chi connectivity index (χ1) is 14.1. The number of ketones is 1. The number of carbonyl (C=O) groups excluding carboxylic acids is 1. The molecule has 0 amide bonds. The molecule has 3 heterocycles. The van der Waals surface area contributed by atoms with Crippen molar-refractivity contribution in [2.24, 2.45) is 0 Å². The van der Waals surface area contributed by atoms with E-state index in [2.05, 4.69) is 19.9 Å². The smallest absolute Gasteiger partial charge is 0.163 e. The molecule has 29 heavy (non-hydrogen) atoms. The third kappa shape index (κ3) is 4.61. The predicted molar refractivity (Wildman–Crippen MR) is 112 cm³/mol. The molecule has 0 saturated carbocycles. The number of Topliss-reactive ketones (excluding diaryl/α,β-unsaturated/α-hetero) is 1. The summed E-state index contributed by atoms with van der Waals surface area (Å²) >= 11 is 5.99. The van der Waals surface area contributed by atoms with Gasteiger partial charge in [-0.2, -0.15) is 0 Å². The number of halogens is 1. The van der Waals surface area contributed by atoms with Crippen molar-refractivity contribution in [2.45, 2.75) is 25.8 Å². The van der Waals surface area contributed by atoms with Crippen LogP contribution in [0.15, 0.2) is 42.7 Å². The monoisotopic (exact) mass is 410 g/mol. The van der Waals surface area contributed by atoms with Gasteiger partial charge in [0.15, 0.2) is 5.78 Å². The summed E-state index contributed by atoms with van der Waals surface area (Å²) in [6.45, 7) is 4.95. The van der Waals surface area contributed by atoms with E-state index in [0.29, 0.717) is 36.8 Å². The van der Waals surface area contributed by atoms with Gasteiger partial charge < -0.3 is 4.74 Å². The molecule has 7 heteroatoms. The predicted octanol–water partition coefficient (Wildman–Crippen LogP) is 4.02. The van der Waals surface area contributed by atoms with Crippen molar-refractivity contribution in [3.63, 3.8) is 0 Å². The number of ether oxygens (including phenoxy) is 1. The summed E-state index contributed by atoms with van der Waals surface area (Å²) in [5, 5.41) is 1.26. The van der Waals surface area contributed by atoms with E-state index in [9.17, 15) is 4.79 Å². The molecule has 1 aliphatic rings. The maximum Gasteiger partial charge on any atom is 0.163 e. The first kappa shape index (κ1) is 19.9. The second-order valence-corrected chi connectivity index (χ2v) is 7.58. The van der Waals surface area contributed by atoms with Gasteiger partial charge in [-0.1, -0.05) is 23.7 Å². The highest BCUT2D eigenvalue weighted by atomic mass is 35.5. The van der Waals surface area contributed by atoms with Crippen molar-refractivity contribution in [3.8, 4) is 0 Å². The number of aryl methyl sites for hydroxylation is 1. The molecule has 1 fully saturated rings. The van der Waals surface area contributed by atoms with Gasteiger partial charge in [0.1, 0.15) is 11.0 Å². The zero-order chi connectivity index (χ0) is 20.2. The van der Waals surface area contributed by atoms with Crippen LogP contribution in [0.1, 0.15) is 40.6 Å². The Morgan fingerprint density at radius 2 is 1.93 bits per heavy atom. The van der Waals surface area contributed by atoms with Gasteiger partial charge in [-0.15, -0.1) is 0 Å². The van der Waals surface area contributed by atoms with E-state index >= 15 is 0 Å². The Morgan fingerprint density at radius 1 is 1.17 bits per heavy atom. The molecule has 2 aromatic heterocycles. The Morgan fingerprint density at radius 3 is 2.69 bits per heavy atom. The average Bonchev–Trinajstić information content (AvgIpc) is 2.75. The SMILES string of the molecule is Cc1ncc(C(CCC(=O)c2cccc3nc(Cl)ccc23)N2CCOCC2)cn1. The maximum atomic E-state index is 13.1. The van der Waals surface area contributed by atoms with Crippen molar-refractivity contribution in [1.82, 2.24) is 19.9 Å². The number of carbonyl (C=O) groups is 1. The van der Waals surface area contributed by atoms with Crippen LogP contribution in [0, 0.1) is 6.92 Å². The fourth-order valence-electron chi connectivity index (χ4n) is 3.80. The molecule has 3 aromatic rings. The normalized spacial score (nSPS) is 16.1. The summed E-state index contributed by atoms with van der Waals surface area (Å²) in [7, 11) is 0. The molecule has 1 unspecified atom stereocenters. The summed E-state index contributed by atoms with van der Waals surface area (Å²) < 4.78 is 5.50. The zero-order valence-corrected chi connectivity index (χ0v) is 17.1. The van der Waals surface area contributed by atoms with Gasteiger partial charge in [0.25, 0.3) is 0 Å². The van der Waals surface area contributed by atoms with Crippen LogP contribution in [0.2, 0.25) is 5.15 Å². The molecular formula is C22H23ClN4O2. The van der Waals surface area contributed by atoms with Gasteiger partial charge in [0.2, 0.25) is 0 Å². The Kier molecular flexibility index (Phi) is 6.13. The van der Waals surface area contributed by atoms with E-state index in [-0.39, 0.29) is 11.8 Å². The Labute approximate surface area is 174 Å². The summed E-state index contributed by atoms with van der Waals surface area (Å²) in [6.07, 6.45) is 4.87. The van der Waals surface area contributed by atoms with Gasteiger partial charge in [-0.25, -0.2) is 15.0 Å². The lowest BCUT2D eigenvalue weighted by atomic mass is 9.96. The molecule has 1 saturated heterocycles.